The lowest BCUT2D eigenvalue weighted by atomic mass is 10.0. The van der Waals surface area contributed by atoms with Gasteiger partial charge in [0.1, 0.15) is 0 Å². The predicted molar refractivity (Wildman–Crippen MR) is 110 cm³/mol. The third kappa shape index (κ3) is 4.68. The molecule has 1 aromatic rings. The van der Waals surface area contributed by atoms with Crippen LogP contribution in [-0.2, 0) is 11.2 Å². The minimum atomic E-state index is -0.0524. The molecule has 0 saturated carbocycles. The normalized spacial score (nSPS) is 17.5. The highest BCUT2D eigenvalue weighted by molar-refractivity contribution is 5.93. The molecule has 28 heavy (non-hydrogen) atoms. The zero-order chi connectivity index (χ0) is 20.1. The molecule has 2 unspecified atom stereocenters. The van der Waals surface area contributed by atoms with Crippen molar-refractivity contribution in [2.24, 2.45) is 0 Å². The fourth-order valence-electron chi connectivity index (χ4n) is 3.82. The third-order valence-corrected chi connectivity index (χ3v) is 5.35. The lowest BCUT2D eigenvalue weighted by molar-refractivity contribution is -0.119. The number of carbonyl (C=O) groups excluding carboxylic acids is 1. The van der Waals surface area contributed by atoms with Crippen LogP contribution in [0.4, 0.5) is 0 Å². The van der Waals surface area contributed by atoms with E-state index < -0.39 is 0 Å². The van der Waals surface area contributed by atoms with E-state index in [1.165, 1.54) is 5.56 Å². The van der Waals surface area contributed by atoms with Gasteiger partial charge in [-0.25, -0.2) is 0 Å². The maximum Gasteiger partial charge on any atom is 0.250 e. The number of hydrogen-bond donors (Lipinski definition) is 1. The molecule has 0 bridgehead atoms. The van der Waals surface area contributed by atoms with Crippen LogP contribution < -0.4 is 14.8 Å². The first-order chi connectivity index (χ1) is 13.5. The average Bonchev–Trinajstić information content (AvgIpc) is 3.16. The van der Waals surface area contributed by atoms with Gasteiger partial charge in [0.05, 0.1) is 6.17 Å². The van der Waals surface area contributed by atoms with Crippen molar-refractivity contribution in [3.05, 3.63) is 47.8 Å². The van der Waals surface area contributed by atoms with Crippen molar-refractivity contribution in [3.63, 3.8) is 0 Å². The molecule has 6 nitrogen and oxygen atoms in total. The largest absolute Gasteiger partial charge is 0.454 e. The van der Waals surface area contributed by atoms with Gasteiger partial charge >= 0.3 is 0 Å². The lowest BCUT2D eigenvalue weighted by Crippen LogP contribution is -2.51. The van der Waals surface area contributed by atoms with Crippen LogP contribution in [-0.4, -0.2) is 47.8 Å². The van der Waals surface area contributed by atoms with Gasteiger partial charge in [-0.3, -0.25) is 9.69 Å². The van der Waals surface area contributed by atoms with Gasteiger partial charge in [-0.15, -0.1) is 0 Å². The first kappa shape index (κ1) is 20.3. The summed E-state index contributed by atoms with van der Waals surface area (Å²) >= 11 is 0. The monoisotopic (exact) mass is 385 g/mol. The second-order valence-electron chi connectivity index (χ2n) is 7.29. The number of nitrogens with one attached hydrogen (secondary N) is 1. The summed E-state index contributed by atoms with van der Waals surface area (Å²) < 4.78 is 10.9. The molecule has 2 heterocycles. The van der Waals surface area contributed by atoms with Crippen LogP contribution in [0.1, 0.15) is 39.7 Å². The molecular formula is C22H31N3O3. The van der Waals surface area contributed by atoms with E-state index in [1.807, 2.05) is 36.4 Å². The van der Waals surface area contributed by atoms with Gasteiger partial charge in [0, 0.05) is 24.4 Å². The van der Waals surface area contributed by atoms with Gasteiger partial charge in [0.2, 0.25) is 12.7 Å². The zero-order valence-electron chi connectivity index (χ0n) is 17.3. The van der Waals surface area contributed by atoms with Crippen LogP contribution in [0.25, 0.3) is 0 Å². The summed E-state index contributed by atoms with van der Waals surface area (Å²) in [6.45, 7) is 10.4. The van der Waals surface area contributed by atoms with E-state index in [1.54, 1.807) is 0 Å². The molecule has 3 rings (SSSR count). The molecule has 0 spiro atoms. The number of allylic oxidation sites excluding steroid dienone is 1. The highest BCUT2D eigenvalue weighted by Gasteiger charge is 2.23. The molecule has 0 aromatic heterocycles. The molecule has 6 heteroatoms. The molecule has 1 N–H and O–H groups in total. The summed E-state index contributed by atoms with van der Waals surface area (Å²) in [6, 6.07) is 6.37. The molecule has 1 amide bonds. The molecule has 152 valence electrons. The first-order valence-corrected chi connectivity index (χ1v) is 10.1. The van der Waals surface area contributed by atoms with Crippen molar-refractivity contribution in [3.8, 4) is 11.5 Å². The number of fused-ring (bicyclic) bond motifs is 1. The molecular weight excluding hydrogens is 354 g/mol. The number of benzene rings is 1. The van der Waals surface area contributed by atoms with Crippen molar-refractivity contribution < 1.29 is 14.3 Å². The van der Waals surface area contributed by atoms with E-state index >= 15 is 0 Å². The summed E-state index contributed by atoms with van der Waals surface area (Å²) in [7, 11) is 0. The Kier molecular flexibility index (Phi) is 6.62. The predicted octanol–water partition coefficient (Wildman–Crippen LogP) is 3.25. The summed E-state index contributed by atoms with van der Waals surface area (Å²) in [5.41, 5.74) is 2.00. The topological polar surface area (TPSA) is 54.0 Å². The van der Waals surface area contributed by atoms with E-state index in [0.717, 1.165) is 36.6 Å². The number of nitrogens with zero attached hydrogens (tertiary/aromatic N) is 2. The van der Waals surface area contributed by atoms with E-state index in [4.69, 9.17) is 9.47 Å². The van der Waals surface area contributed by atoms with Gasteiger partial charge in [-0.05, 0) is 64.1 Å². The maximum atomic E-state index is 12.7. The zero-order valence-corrected chi connectivity index (χ0v) is 17.3. The van der Waals surface area contributed by atoms with Crippen molar-refractivity contribution in [2.45, 2.75) is 52.7 Å². The molecule has 0 aliphatic carbocycles. The molecule has 2 aliphatic rings. The van der Waals surface area contributed by atoms with Crippen LogP contribution in [0, 0.1) is 0 Å². The second kappa shape index (κ2) is 9.15. The fourth-order valence-corrected chi connectivity index (χ4v) is 3.82. The Hall–Kier alpha value is -2.47. The van der Waals surface area contributed by atoms with Gasteiger partial charge in [-0.2, -0.15) is 0 Å². The fraction of sp³-hybridized carbons (Fsp3) is 0.500. The van der Waals surface area contributed by atoms with E-state index in [-0.39, 0.29) is 18.1 Å². The van der Waals surface area contributed by atoms with E-state index in [2.05, 4.69) is 43.1 Å². The van der Waals surface area contributed by atoms with E-state index in [0.29, 0.717) is 13.2 Å². The highest BCUT2D eigenvalue weighted by atomic mass is 16.7. The number of hydrogen-bond acceptors (Lipinski definition) is 5. The number of likely N-dealkylation sites (N-methyl/N-ethyl adjacent to an activating group) is 1. The number of ether oxygens (including phenoxy) is 2. The average molecular weight is 386 g/mol. The van der Waals surface area contributed by atoms with Crippen molar-refractivity contribution in [2.75, 3.05) is 19.9 Å². The molecule has 0 saturated heterocycles. The third-order valence-electron chi connectivity index (χ3n) is 5.35. The summed E-state index contributed by atoms with van der Waals surface area (Å²) in [6.07, 6.45) is 7.49. The van der Waals surface area contributed by atoms with Crippen molar-refractivity contribution in [1.29, 1.82) is 0 Å². The van der Waals surface area contributed by atoms with Crippen molar-refractivity contribution >= 4 is 5.91 Å². The van der Waals surface area contributed by atoms with Crippen LogP contribution in [0.3, 0.4) is 0 Å². The van der Waals surface area contributed by atoms with Gasteiger partial charge in [-0.1, -0.05) is 19.1 Å². The summed E-state index contributed by atoms with van der Waals surface area (Å²) in [5.74, 6) is 1.62. The van der Waals surface area contributed by atoms with Crippen LogP contribution in [0.5, 0.6) is 11.5 Å². The van der Waals surface area contributed by atoms with Gasteiger partial charge < -0.3 is 19.7 Å². The Labute approximate surface area is 167 Å². The quantitative estimate of drug-likeness (QED) is 0.696. The minimum absolute atomic E-state index is 0.00373. The van der Waals surface area contributed by atoms with E-state index in [9.17, 15) is 4.79 Å². The number of carbonyl (C=O) groups is 1. The first-order valence-electron chi connectivity index (χ1n) is 10.1. The standard InChI is InChI=1S/C22H31N3O3/c1-5-24-11-7-8-19(14-24)22(26)23-17(4)25(6-2)16(3)12-18-9-10-20-21(13-18)28-15-27-20/h7,9-11,13-14,16-17H,5-6,8,12,15H2,1-4H3,(H,23,26). The summed E-state index contributed by atoms with van der Waals surface area (Å²) in [5, 5.41) is 3.17. The SMILES string of the molecule is CCN1C=CCC(C(=O)NC(C)N(CC)C(C)Cc2ccc3c(c2)OCO3)=C1. The van der Waals surface area contributed by atoms with Crippen LogP contribution >= 0.6 is 0 Å². The summed E-state index contributed by atoms with van der Waals surface area (Å²) in [4.78, 5) is 17.0. The minimum Gasteiger partial charge on any atom is -0.454 e. The molecule has 0 radical (unpaired) electrons. The van der Waals surface area contributed by atoms with Gasteiger partial charge in [0.15, 0.2) is 11.5 Å². The molecule has 2 aliphatic heterocycles. The molecule has 1 aromatic carbocycles. The number of rotatable bonds is 8. The number of amides is 1. The molecule has 2 atom stereocenters. The molecule has 0 fully saturated rings. The Morgan fingerprint density at radius 3 is 2.79 bits per heavy atom. The Balaban J connectivity index is 1.60. The lowest BCUT2D eigenvalue weighted by Gasteiger charge is -2.34. The van der Waals surface area contributed by atoms with Crippen molar-refractivity contribution in [1.82, 2.24) is 15.1 Å². The Bertz CT molecular complexity index is 759. The van der Waals surface area contributed by atoms with Gasteiger partial charge in [0.25, 0.3) is 0 Å². The second-order valence-corrected chi connectivity index (χ2v) is 7.29. The smallest absolute Gasteiger partial charge is 0.250 e. The Morgan fingerprint density at radius 2 is 2.04 bits per heavy atom. The maximum absolute atomic E-state index is 12.7. The Morgan fingerprint density at radius 1 is 1.25 bits per heavy atom. The highest BCUT2D eigenvalue weighted by Crippen LogP contribution is 2.33. The van der Waals surface area contributed by atoms with Crippen LogP contribution in [0.15, 0.2) is 42.2 Å². The van der Waals surface area contributed by atoms with Crippen LogP contribution in [0.2, 0.25) is 0 Å².